The lowest BCUT2D eigenvalue weighted by molar-refractivity contribution is -0.137. The van der Waals surface area contributed by atoms with Crippen LogP contribution in [0.15, 0.2) is 18.3 Å². The zero-order chi connectivity index (χ0) is 13.7. The van der Waals surface area contributed by atoms with E-state index in [0.717, 1.165) is 12.5 Å². The average molecular weight is 272 g/mol. The number of nitrogens with one attached hydrogen (secondary N) is 1. The van der Waals surface area contributed by atoms with Crippen LogP contribution in [0, 0.1) is 5.92 Å². The molecule has 0 aliphatic heterocycles. The molecule has 1 fully saturated rings. The molecule has 1 heterocycles. The summed E-state index contributed by atoms with van der Waals surface area (Å²) in [6.45, 7) is 0.560. The van der Waals surface area contributed by atoms with Gasteiger partial charge in [0, 0.05) is 12.7 Å². The first-order valence-corrected chi connectivity index (χ1v) is 6.83. The van der Waals surface area contributed by atoms with Crippen LogP contribution in [0.1, 0.15) is 44.1 Å². The Kier molecular flexibility index (Phi) is 4.66. The van der Waals surface area contributed by atoms with E-state index in [4.69, 9.17) is 0 Å². The van der Waals surface area contributed by atoms with Crippen molar-refractivity contribution in [2.75, 3.05) is 11.9 Å². The number of hydrogen-bond acceptors (Lipinski definition) is 2. The third kappa shape index (κ3) is 4.11. The first-order chi connectivity index (χ1) is 9.07. The molecular formula is C14H19F3N2. The average Bonchev–Trinajstić information content (AvgIpc) is 2.39. The predicted octanol–water partition coefficient (Wildman–Crippen LogP) is 4.48. The van der Waals surface area contributed by atoms with E-state index in [0.29, 0.717) is 12.5 Å². The molecule has 1 aliphatic rings. The predicted molar refractivity (Wildman–Crippen MR) is 68.9 cm³/mol. The molecule has 5 heteroatoms. The van der Waals surface area contributed by atoms with Crippen LogP contribution in [-0.4, -0.2) is 11.5 Å². The first-order valence-electron chi connectivity index (χ1n) is 6.83. The highest BCUT2D eigenvalue weighted by atomic mass is 19.4. The minimum absolute atomic E-state index is 0.0502. The maximum absolute atomic E-state index is 12.8. The number of alkyl halides is 3. The lowest BCUT2D eigenvalue weighted by atomic mass is 9.87. The minimum Gasteiger partial charge on any atom is -0.370 e. The van der Waals surface area contributed by atoms with Crippen molar-refractivity contribution in [1.29, 1.82) is 0 Å². The Labute approximate surface area is 111 Å². The Bertz CT molecular complexity index is 398. The SMILES string of the molecule is FC(F)(F)c1cccnc1NCCC1CCCCC1. The molecule has 1 aromatic heterocycles. The monoisotopic (exact) mass is 272 g/mol. The van der Waals surface area contributed by atoms with E-state index in [1.165, 1.54) is 44.4 Å². The van der Waals surface area contributed by atoms with Crippen LogP contribution >= 0.6 is 0 Å². The Balaban J connectivity index is 1.88. The largest absolute Gasteiger partial charge is 0.419 e. The van der Waals surface area contributed by atoms with Crippen molar-refractivity contribution in [3.63, 3.8) is 0 Å². The fraction of sp³-hybridized carbons (Fsp3) is 0.643. The Morgan fingerprint density at radius 2 is 1.95 bits per heavy atom. The molecule has 1 aromatic rings. The summed E-state index contributed by atoms with van der Waals surface area (Å²) >= 11 is 0. The fourth-order valence-corrected chi connectivity index (χ4v) is 2.65. The van der Waals surface area contributed by atoms with E-state index >= 15 is 0 Å². The van der Waals surface area contributed by atoms with Gasteiger partial charge in [-0.25, -0.2) is 4.98 Å². The summed E-state index contributed by atoms with van der Waals surface area (Å²) < 4.78 is 38.3. The third-order valence-corrected chi connectivity index (χ3v) is 3.68. The van der Waals surface area contributed by atoms with Gasteiger partial charge in [0.1, 0.15) is 5.82 Å². The van der Waals surface area contributed by atoms with Crippen LogP contribution in [0.25, 0.3) is 0 Å². The molecule has 0 amide bonds. The van der Waals surface area contributed by atoms with Gasteiger partial charge in [-0.05, 0) is 24.5 Å². The van der Waals surface area contributed by atoms with E-state index in [1.807, 2.05) is 0 Å². The van der Waals surface area contributed by atoms with Crippen molar-refractivity contribution in [3.8, 4) is 0 Å². The Morgan fingerprint density at radius 3 is 2.63 bits per heavy atom. The molecule has 0 spiro atoms. The zero-order valence-corrected chi connectivity index (χ0v) is 10.8. The molecule has 0 aromatic carbocycles. The summed E-state index contributed by atoms with van der Waals surface area (Å²) in [5, 5.41) is 2.84. The van der Waals surface area contributed by atoms with Gasteiger partial charge in [0.25, 0.3) is 0 Å². The standard InChI is InChI=1S/C14H19F3N2/c15-14(16,17)12-7-4-9-18-13(12)19-10-8-11-5-2-1-3-6-11/h4,7,9,11H,1-3,5-6,8,10H2,(H,18,19). The van der Waals surface area contributed by atoms with Gasteiger partial charge >= 0.3 is 6.18 Å². The molecule has 1 saturated carbocycles. The van der Waals surface area contributed by atoms with E-state index in [-0.39, 0.29) is 5.82 Å². The summed E-state index contributed by atoms with van der Waals surface area (Å²) in [6, 6.07) is 2.38. The molecule has 2 nitrogen and oxygen atoms in total. The Hall–Kier alpha value is -1.26. The molecular weight excluding hydrogens is 253 g/mol. The summed E-state index contributed by atoms with van der Waals surface area (Å²) in [5.41, 5.74) is -0.682. The van der Waals surface area contributed by atoms with Crippen LogP contribution in [0.3, 0.4) is 0 Å². The van der Waals surface area contributed by atoms with Crippen LogP contribution in [0.5, 0.6) is 0 Å². The number of halogens is 3. The molecule has 0 atom stereocenters. The molecule has 0 unspecified atom stereocenters. The second-order valence-corrected chi connectivity index (χ2v) is 5.12. The highest BCUT2D eigenvalue weighted by molar-refractivity contribution is 5.45. The fourth-order valence-electron chi connectivity index (χ4n) is 2.65. The van der Waals surface area contributed by atoms with E-state index in [2.05, 4.69) is 10.3 Å². The maximum Gasteiger partial charge on any atom is 0.419 e. The summed E-state index contributed by atoms with van der Waals surface area (Å²) in [5.74, 6) is 0.602. The van der Waals surface area contributed by atoms with E-state index in [1.54, 1.807) is 0 Å². The number of aromatic nitrogens is 1. The lowest BCUT2D eigenvalue weighted by Crippen LogP contribution is -2.16. The normalized spacial score (nSPS) is 17.4. The van der Waals surface area contributed by atoms with Crippen LogP contribution in [-0.2, 0) is 6.18 Å². The van der Waals surface area contributed by atoms with Crippen molar-refractivity contribution in [2.45, 2.75) is 44.7 Å². The first kappa shape index (κ1) is 14.2. The Morgan fingerprint density at radius 1 is 1.21 bits per heavy atom. The third-order valence-electron chi connectivity index (χ3n) is 3.68. The number of nitrogens with zero attached hydrogens (tertiary/aromatic N) is 1. The van der Waals surface area contributed by atoms with Gasteiger partial charge in [0.15, 0.2) is 0 Å². The van der Waals surface area contributed by atoms with Crippen molar-refractivity contribution >= 4 is 5.82 Å². The van der Waals surface area contributed by atoms with Crippen molar-refractivity contribution < 1.29 is 13.2 Å². The van der Waals surface area contributed by atoms with Crippen LogP contribution in [0.2, 0.25) is 0 Å². The zero-order valence-electron chi connectivity index (χ0n) is 10.8. The molecule has 106 valence electrons. The smallest absolute Gasteiger partial charge is 0.370 e. The number of rotatable bonds is 4. The van der Waals surface area contributed by atoms with Gasteiger partial charge in [-0.1, -0.05) is 32.1 Å². The van der Waals surface area contributed by atoms with Gasteiger partial charge in [0.05, 0.1) is 5.56 Å². The minimum atomic E-state index is -4.35. The van der Waals surface area contributed by atoms with Gasteiger partial charge < -0.3 is 5.32 Å². The quantitative estimate of drug-likeness (QED) is 0.874. The van der Waals surface area contributed by atoms with Gasteiger partial charge in [-0.15, -0.1) is 0 Å². The summed E-state index contributed by atoms with van der Waals surface area (Å²) in [7, 11) is 0. The number of hydrogen-bond donors (Lipinski definition) is 1. The van der Waals surface area contributed by atoms with Gasteiger partial charge in [0.2, 0.25) is 0 Å². The molecule has 2 rings (SSSR count). The van der Waals surface area contributed by atoms with Gasteiger partial charge in [-0.3, -0.25) is 0 Å². The van der Waals surface area contributed by atoms with E-state index in [9.17, 15) is 13.2 Å². The summed E-state index contributed by atoms with van der Waals surface area (Å²) in [4.78, 5) is 3.80. The van der Waals surface area contributed by atoms with Crippen molar-refractivity contribution in [2.24, 2.45) is 5.92 Å². The van der Waals surface area contributed by atoms with Crippen molar-refractivity contribution in [3.05, 3.63) is 23.9 Å². The highest BCUT2D eigenvalue weighted by Crippen LogP contribution is 2.33. The lowest BCUT2D eigenvalue weighted by Gasteiger charge is -2.22. The maximum atomic E-state index is 12.8. The topological polar surface area (TPSA) is 24.9 Å². The second kappa shape index (κ2) is 6.26. The molecule has 0 bridgehead atoms. The van der Waals surface area contributed by atoms with Crippen LogP contribution in [0.4, 0.5) is 19.0 Å². The second-order valence-electron chi connectivity index (χ2n) is 5.12. The molecule has 19 heavy (non-hydrogen) atoms. The number of pyridine rings is 1. The molecule has 1 aliphatic carbocycles. The van der Waals surface area contributed by atoms with Crippen LogP contribution < -0.4 is 5.32 Å². The van der Waals surface area contributed by atoms with Crippen molar-refractivity contribution in [1.82, 2.24) is 4.98 Å². The molecule has 0 saturated heterocycles. The van der Waals surface area contributed by atoms with Gasteiger partial charge in [-0.2, -0.15) is 13.2 Å². The highest BCUT2D eigenvalue weighted by Gasteiger charge is 2.33. The van der Waals surface area contributed by atoms with E-state index < -0.39 is 11.7 Å². The molecule has 1 N–H and O–H groups in total. The summed E-state index contributed by atoms with van der Waals surface area (Å²) in [6.07, 6.45) is 4.17. The molecule has 0 radical (unpaired) electrons. The number of anilines is 1.